The third kappa shape index (κ3) is 3.63. The van der Waals surface area contributed by atoms with Gasteiger partial charge in [-0.05, 0) is 20.3 Å². The van der Waals surface area contributed by atoms with Crippen LogP contribution < -0.4 is 5.32 Å². The minimum absolute atomic E-state index is 0.553. The van der Waals surface area contributed by atoms with Gasteiger partial charge in [-0.25, -0.2) is 0 Å². The zero-order chi connectivity index (χ0) is 9.68. The van der Waals surface area contributed by atoms with Crippen molar-refractivity contribution in [2.24, 2.45) is 0 Å². The Morgan fingerprint density at radius 1 is 1.54 bits per heavy atom. The number of nitrogens with zero attached hydrogens (tertiary/aromatic N) is 1. The topological polar surface area (TPSA) is 24.5 Å². The van der Waals surface area contributed by atoms with Gasteiger partial charge < -0.3 is 10.1 Å². The van der Waals surface area contributed by atoms with Crippen LogP contribution >= 0.6 is 0 Å². The molecule has 0 spiro atoms. The molecule has 0 bridgehead atoms. The number of hydrogen-bond donors (Lipinski definition) is 1. The van der Waals surface area contributed by atoms with Crippen molar-refractivity contribution >= 4 is 0 Å². The van der Waals surface area contributed by atoms with Crippen LogP contribution in [-0.2, 0) is 4.74 Å². The van der Waals surface area contributed by atoms with Crippen LogP contribution in [0.5, 0.6) is 0 Å². The fourth-order valence-corrected chi connectivity index (χ4v) is 1.82. The smallest absolute Gasteiger partial charge is 0.0615 e. The average Bonchev–Trinajstić information content (AvgIpc) is 2.30. The molecule has 0 aromatic rings. The first kappa shape index (κ1) is 11.0. The highest BCUT2D eigenvalue weighted by atomic mass is 16.5. The average molecular weight is 186 g/mol. The van der Waals surface area contributed by atoms with Crippen LogP contribution in [0.1, 0.15) is 20.3 Å². The lowest BCUT2D eigenvalue weighted by atomic mass is 10.2. The number of nitrogens with one attached hydrogen (secondary N) is 1. The molecule has 0 amide bonds. The summed E-state index contributed by atoms with van der Waals surface area (Å²) in [5, 5.41) is 3.49. The minimum Gasteiger partial charge on any atom is -0.383 e. The van der Waals surface area contributed by atoms with E-state index in [1.165, 1.54) is 13.0 Å². The van der Waals surface area contributed by atoms with Gasteiger partial charge in [0.2, 0.25) is 0 Å². The Morgan fingerprint density at radius 3 is 3.00 bits per heavy atom. The van der Waals surface area contributed by atoms with E-state index in [2.05, 4.69) is 24.1 Å². The Kier molecular flexibility index (Phi) is 4.70. The molecular weight excluding hydrogens is 164 g/mol. The van der Waals surface area contributed by atoms with Gasteiger partial charge >= 0.3 is 0 Å². The fraction of sp³-hybridized carbons (Fsp3) is 1.00. The molecule has 1 aliphatic rings. The van der Waals surface area contributed by atoms with E-state index in [1.54, 1.807) is 7.11 Å². The lowest BCUT2D eigenvalue weighted by Gasteiger charge is -2.26. The van der Waals surface area contributed by atoms with E-state index in [-0.39, 0.29) is 0 Å². The second-order valence-corrected chi connectivity index (χ2v) is 3.98. The Bertz CT molecular complexity index is 141. The van der Waals surface area contributed by atoms with Gasteiger partial charge in [0.15, 0.2) is 0 Å². The molecular formula is C10H22N2O. The molecule has 78 valence electrons. The van der Waals surface area contributed by atoms with Gasteiger partial charge in [0.1, 0.15) is 0 Å². The van der Waals surface area contributed by atoms with Crippen molar-refractivity contribution in [2.45, 2.75) is 32.4 Å². The summed E-state index contributed by atoms with van der Waals surface area (Å²) in [6.07, 6.45) is 1.24. The highest BCUT2D eigenvalue weighted by molar-refractivity contribution is 4.75. The summed E-state index contributed by atoms with van der Waals surface area (Å²) in [6, 6.07) is 1.22. The predicted molar refractivity (Wildman–Crippen MR) is 55.0 cm³/mol. The number of hydrogen-bond acceptors (Lipinski definition) is 3. The molecule has 1 N–H and O–H groups in total. The van der Waals surface area contributed by atoms with Gasteiger partial charge in [0.05, 0.1) is 6.61 Å². The first-order valence-corrected chi connectivity index (χ1v) is 5.20. The van der Waals surface area contributed by atoms with Crippen LogP contribution in [0.4, 0.5) is 0 Å². The third-order valence-electron chi connectivity index (χ3n) is 2.77. The van der Waals surface area contributed by atoms with Crippen LogP contribution in [-0.4, -0.2) is 50.3 Å². The Morgan fingerprint density at radius 2 is 2.31 bits per heavy atom. The SMILES string of the molecule is COCC(C)N1CCNC(C)CC1. The zero-order valence-corrected chi connectivity index (χ0v) is 9.05. The van der Waals surface area contributed by atoms with Crippen LogP contribution in [0.3, 0.4) is 0 Å². The second kappa shape index (κ2) is 5.58. The van der Waals surface area contributed by atoms with Gasteiger partial charge in [0, 0.05) is 38.8 Å². The summed E-state index contributed by atoms with van der Waals surface area (Å²) in [5.41, 5.74) is 0. The lowest BCUT2D eigenvalue weighted by Crippen LogP contribution is -2.38. The van der Waals surface area contributed by atoms with E-state index in [0.717, 1.165) is 19.7 Å². The Labute approximate surface area is 81.4 Å². The van der Waals surface area contributed by atoms with Gasteiger partial charge in [-0.1, -0.05) is 0 Å². The number of methoxy groups -OCH3 is 1. The molecule has 1 fully saturated rings. The highest BCUT2D eigenvalue weighted by Gasteiger charge is 2.17. The molecule has 1 rings (SSSR count). The largest absolute Gasteiger partial charge is 0.383 e. The summed E-state index contributed by atoms with van der Waals surface area (Å²) >= 11 is 0. The Balaban J connectivity index is 2.32. The first-order valence-electron chi connectivity index (χ1n) is 5.20. The van der Waals surface area contributed by atoms with E-state index in [0.29, 0.717) is 12.1 Å². The van der Waals surface area contributed by atoms with E-state index in [4.69, 9.17) is 4.74 Å². The van der Waals surface area contributed by atoms with Gasteiger partial charge in [0.25, 0.3) is 0 Å². The molecule has 0 aliphatic carbocycles. The van der Waals surface area contributed by atoms with Gasteiger partial charge in [-0.2, -0.15) is 0 Å². The predicted octanol–water partition coefficient (Wildman–Crippen LogP) is 0.705. The monoisotopic (exact) mass is 186 g/mol. The van der Waals surface area contributed by atoms with Gasteiger partial charge in [-0.3, -0.25) is 4.90 Å². The Hall–Kier alpha value is -0.120. The van der Waals surface area contributed by atoms with Crippen LogP contribution in [0.15, 0.2) is 0 Å². The van der Waals surface area contributed by atoms with Crippen molar-refractivity contribution < 1.29 is 4.74 Å². The molecule has 0 radical (unpaired) electrons. The van der Waals surface area contributed by atoms with Crippen LogP contribution in [0.25, 0.3) is 0 Å². The van der Waals surface area contributed by atoms with Crippen molar-refractivity contribution in [3.63, 3.8) is 0 Å². The molecule has 3 heteroatoms. The van der Waals surface area contributed by atoms with Crippen molar-refractivity contribution in [3.8, 4) is 0 Å². The first-order chi connectivity index (χ1) is 6.24. The molecule has 0 saturated carbocycles. The van der Waals surface area contributed by atoms with Crippen molar-refractivity contribution in [1.82, 2.24) is 10.2 Å². The molecule has 1 aliphatic heterocycles. The van der Waals surface area contributed by atoms with E-state index >= 15 is 0 Å². The zero-order valence-electron chi connectivity index (χ0n) is 9.05. The van der Waals surface area contributed by atoms with Crippen LogP contribution in [0, 0.1) is 0 Å². The second-order valence-electron chi connectivity index (χ2n) is 3.98. The van der Waals surface area contributed by atoms with E-state index in [1.807, 2.05) is 0 Å². The van der Waals surface area contributed by atoms with Crippen molar-refractivity contribution in [1.29, 1.82) is 0 Å². The fourth-order valence-electron chi connectivity index (χ4n) is 1.82. The lowest BCUT2D eigenvalue weighted by molar-refractivity contribution is 0.103. The number of rotatable bonds is 3. The molecule has 13 heavy (non-hydrogen) atoms. The van der Waals surface area contributed by atoms with Gasteiger partial charge in [-0.15, -0.1) is 0 Å². The quantitative estimate of drug-likeness (QED) is 0.702. The molecule has 0 aromatic carbocycles. The summed E-state index contributed by atoms with van der Waals surface area (Å²) in [6.45, 7) is 8.78. The molecule has 1 heterocycles. The van der Waals surface area contributed by atoms with Crippen LogP contribution in [0.2, 0.25) is 0 Å². The minimum atomic E-state index is 0.553. The van der Waals surface area contributed by atoms with Crippen molar-refractivity contribution in [3.05, 3.63) is 0 Å². The molecule has 2 atom stereocenters. The molecule has 3 nitrogen and oxygen atoms in total. The van der Waals surface area contributed by atoms with Crippen molar-refractivity contribution in [2.75, 3.05) is 33.4 Å². The van der Waals surface area contributed by atoms with E-state index in [9.17, 15) is 0 Å². The maximum absolute atomic E-state index is 5.16. The number of ether oxygens (including phenoxy) is 1. The summed E-state index contributed by atoms with van der Waals surface area (Å²) in [5.74, 6) is 0. The van der Waals surface area contributed by atoms with E-state index < -0.39 is 0 Å². The summed E-state index contributed by atoms with van der Waals surface area (Å²) in [4.78, 5) is 2.50. The normalized spacial score (nSPS) is 28.4. The molecule has 0 aromatic heterocycles. The molecule has 1 saturated heterocycles. The maximum atomic E-state index is 5.16. The highest BCUT2D eigenvalue weighted by Crippen LogP contribution is 2.05. The molecule has 2 unspecified atom stereocenters. The summed E-state index contributed by atoms with van der Waals surface area (Å²) in [7, 11) is 1.77. The standard InChI is InChI=1S/C10H22N2O/c1-9-4-6-12(7-5-11-9)10(2)8-13-3/h9-11H,4-8H2,1-3H3. The third-order valence-corrected chi connectivity index (χ3v) is 2.77. The summed E-state index contributed by atoms with van der Waals surface area (Å²) < 4.78 is 5.16. The maximum Gasteiger partial charge on any atom is 0.0615 e.